The van der Waals surface area contributed by atoms with Crippen molar-refractivity contribution in [2.24, 2.45) is 0 Å². The first-order chi connectivity index (χ1) is 14.6. The number of nitrogens with zero attached hydrogens (tertiary/aromatic N) is 1. The Morgan fingerprint density at radius 1 is 1.13 bits per heavy atom. The second-order valence-electron chi connectivity index (χ2n) is 6.16. The van der Waals surface area contributed by atoms with Crippen molar-refractivity contribution in [1.82, 2.24) is 15.6 Å². The van der Waals surface area contributed by atoms with Crippen molar-refractivity contribution in [2.45, 2.75) is 24.3 Å². The molecule has 0 unspecified atom stereocenters. The van der Waals surface area contributed by atoms with E-state index in [-0.39, 0.29) is 23.1 Å². The number of pyridine rings is 1. The third-order valence-electron chi connectivity index (χ3n) is 3.89. The third-order valence-corrected chi connectivity index (χ3v) is 6.15. The van der Waals surface area contributed by atoms with Gasteiger partial charge >= 0.3 is 0 Å². The maximum Gasteiger partial charge on any atom is 0.255 e. The Morgan fingerprint density at radius 2 is 1.93 bits per heavy atom. The van der Waals surface area contributed by atoms with Crippen LogP contribution in [0.2, 0.25) is 0 Å². The molecular formula is C19H26N6O3S2. The number of benzene rings is 1. The molecule has 2 aromatic rings. The molecule has 30 heavy (non-hydrogen) atoms. The number of carbonyl (C=O) groups excluding carboxylic acids is 2. The molecule has 0 fully saturated rings. The number of rotatable bonds is 13. The number of phenols is 1. The van der Waals surface area contributed by atoms with Crippen molar-refractivity contribution >= 4 is 39.1 Å². The van der Waals surface area contributed by atoms with Gasteiger partial charge in [-0.15, -0.1) is 0 Å². The van der Waals surface area contributed by atoms with Crippen LogP contribution in [0, 0.1) is 0 Å². The maximum atomic E-state index is 12.1. The Labute approximate surface area is 183 Å². The first kappa shape index (κ1) is 23.8. The van der Waals surface area contributed by atoms with Crippen molar-refractivity contribution in [1.29, 1.82) is 0 Å². The van der Waals surface area contributed by atoms with Gasteiger partial charge in [0, 0.05) is 37.5 Å². The number of hydrogen-bond donors (Lipinski definition) is 5. The monoisotopic (exact) mass is 450 g/mol. The molecule has 1 aromatic carbocycles. The number of nitrogens with two attached hydrogens (primary N) is 1. The molecule has 2 amide bonds. The molecule has 1 heterocycles. The number of aromatic nitrogens is 1. The minimum Gasteiger partial charge on any atom is -0.507 e. The number of amides is 2. The molecular weight excluding hydrogens is 424 g/mol. The van der Waals surface area contributed by atoms with Gasteiger partial charge in [0.25, 0.3) is 5.91 Å². The van der Waals surface area contributed by atoms with Crippen LogP contribution in [0.1, 0.15) is 29.6 Å². The number of anilines is 1. The van der Waals surface area contributed by atoms with E-state index < -0.39 is 0 Å². The molecule has 0 spiro atoms. The SMILES string of the molecule is [NH-][NH2+]Nc1ccc(C(=O)NCCCCNC(=O)CCSSc2ccccn2)c(O)c1. The van der Waals surface area contributed by atoms with E-state index in [2.05, 4.69) is 21.0 Å². The number of phenolic OH excluding ortho intramolecular Hbond substituents is 1. The summed E-state index contributed by atoms with van der Waals surface area (Å²) in [7, 11) is 3.15. The van der Waals surface area contributed by atoms with Gasteiger partial charge in [-0.1, -0.05) is 16.9 Å². The number of nitrogen functional groups attached to an aromatic ring is 1. The van der Waals surface area contributed by atoms with Crippen LogP contribution in [0.3, 0.4) is 0 Å². The van der Waals surface area contributed by atoms with Gasteiger partial charge < -0.3 is 27.1 Å². The normalized spacial score (nSPS) is 10.4. The Kier molecular flexibility index (Phi) is 10.9. The lowest BCUT2D eigenvalue weighted by Crippen LogP contribution is -2.80. The topological polar surface area (TPSA) is 144 Å². The molecule has 0 atom stereocenters. The molecule has 1 aromatic heterocycles. The van der Waals surface area contributed by atoms with Crippen LogP contribution in [-0.2, 0) is 4.79 Å². The summed E-state index contributed by atoms with van der Waals surface area (Å²) in [4.78, 5) is 28.1. The van der Waals surface area contributed by atoms with Crippen LogP contribution in [0.15, 0.2) is 47.6 Å². The lowest BCUT2D eigenvalue weighted by molar-refractivity contribution is -0.556. The minimum absolute atomic E-state index is 0.0108. The largest absolute Gasteiger partial charge is 0.507 e. The van der Waals surface area contributed by atoms with Crippen molar-refractivity contribution < 1.29 is 20.2 Å². The van der Waals surface area contributed by atoms with Crippen molar-refractivity contribution in [3.05, 3.63) is 54.0 Å². The lowest BCUT2D eigenvalue weighted by atomic mass is 10.1. The van der Waals surface area contributed by atoms with Crippen molar-refractivity contribution in [3.8, 4) is 5.75 Å². The van der Waals surface area contributed by atoms with Gasteiger partial charge in [-0.3, -0.25) is 9.59 Å². The van der Waals surface area contributed by atoms with Crippen LogP contribution in [0.5, 0.6) is 5.75 Å². The number of unbranched alkanes of at least 4 members (excludes halogenated alkanes) is 1. The van der Waals surface area contributed by atoms with Gasteiger partial charge in [0.2, 0.25) is 5.91 Å². The van der Waals surface area contributed by atoms with E-state index in [1.54, 1.807) is 33.9 Å². The van der Waals surface area contributed by atoms with Crippen molar-refractivity contribution in [3.63, 3.8) is 0 Å². The van der Waals surface area contributed by atoms with E-state index in [9.17, 15) is 14.7 Å². The molecule has 7 N–H and O–H groups in total. The predicted molar refractivity (Wildman–Crippen MR) is 120 cm³/mol. The Morgan fingerprint density at radius 3 is 2.63 bits per heavy atom. The van der Waals surface area contributed by atoms with Gasteiger partial charge in [-0.2, -0.15) is 0 Å². The first-order valence-electron chi connectivity index (χ1n) is 9.44. The summed E-state index contributed by atoms with van der Waals surface area (Å²) in [6.45, 7) is 1.01. The molecule has 2 rings (SSSR count). The van der Waals surface area contributed by atoms with Gasteiger partial charge in [-0.25, -0.2) is 10.4 Å². The predicted octanol–water partition coefficient (Wildman–Crippen LogP) is 2.10. The molecule has 0 radical (unpaired) electrons. The third kappa shape index (κ3) is 8.91. The van der Waals surface area contributed by atoms with Crippen LogP contribution in [0.4, 0.5) is 5.69 Å². The van der Waals surface area contributed by atoms with Gasteiger partial charge in [-0.05, 0) is 47.9 Å². The number of nitrogens with one attached hydrogen (secondary N) is 4. The molecule has 0 saturated carbocycles. The van der Waals surface area contributed by atoms with Gasteiger partial charge in [0.1, 0.15) is 10.8 Å². The summed E-state index contributed by atoms with van der Waals surface area (Å²) in [5.41, 5.74) is 4.33. The van der Waals surface area contributed by atoms with Gasteiger partial charge in [0.05, 0.1) is 11.3 Å². The molecule has 0 saturated heterocycles. The molecule has 0 bridgehead atoms. The zero-order chi connectivity index (χ0) is 21.6. The second kappa shape index (κ2) is 13.7. The fourth-order valence-electron chi connectivity index (χ4n) is 2.39. The van der Waals surface area contributed by atoms with Crippen LogP contribution in [0.25, 0.3) is 5.84 Å². The number of quaternary nitrogens is 1. The summed E-state index contributed by atoms with van der Waals surface area (Å²) < 4.78 is 0. The summed E-state index contributed by atoms with van der Waals surface area (Å²) in [6.07, 6.45) is 3.65. The Balaban J connectivity index is 1.52. The lowest BCUT2D eigenvalue weighted by Gasteiger charge is -2.10. The number of aromatic hydroxyl groups is 1. The summed E-state index contributed by atoms with van der Waals surface area (Å²) in [6, 6.07) is 10.2. The van der Waals surface area contributed by atoms with Gasteiger partial charge in [0.15, 0.2) is 0 Å². The molecule has 9 nitrogen and oxygen atoms in total. The highest BCUT2D eigenvalue weighted by Crippen LogP contribution is 2.29. The quantitative estimate of drug-likeness (QED) is 0.136. The summed E-state index contributed by atoms with van der Waals surface area (Å²) >= 11 is 0. The molecule has 11 heteroatoms. The van der Waals surface area contributed by atoms with Crippen LogP contribution < -0.4 is 21.6 Å². The van der Waals surface area contributed by atoms with Crippen LogP contribution in [-0.4, -0.2) is 40.7 Å². The first-order valence-corrected chi connectivity index (χ1v) is 11.8. The molecule has 0 aliphatic rings. The minimum atomic E-state index is -0.361. The molecule has 0 aliphatic carbocycles. The molecule has 0 aliphatic heterocycles. The summed E-state index contributed by atoms with van der Waals surface area (Å²) in [5, 5.41) is 16.5. The van der Waals surface area contributed by atoms with E-state index in [4.69, 9.17) is 5.84 Å². The highest BCUT2D eigenvalue weighted by Gasteiger charge is 2.11. The number of carbonyl (C=O) groups is 2. The van der Waals surface area contributed by atoms with Crippen LogP contribution >= 0.6 is 21.6 Å². The zero-order valence-corrected chi connectivity index (χ0v) is 18.0. The van der Waals surface area contributed by atoms with E-state index in [1.165, 1.54) is 12.1 Å². The highest BCUT2D eigenvalue weighted by molar-refractivity contribution is 8.76. The highest BCUT2D eigenvalue weighted by atomic mass is 33.1. The Bertz CT molecular complexity index is 810. The molecule has 162 valence electrons. The average Bonchev–Trinajstić information content (AvgIpc) is 2.74. The maximum absolute atomic E-state index is 12.1. The van der Waals surface area contributed by atoms with Crippen molar-refractivity contribution in [2.75, 3.05) is 24.3 Å². The van der Waals surface area contributed by atoms with E-state index >= 15 is 0 Å². The fourth-order valence-corrected chi connectivity index (χ4v) is 4.26. The van der Waals surface area contributed by atoms with E-state index in [1.807, 2.05) is 18.2 Å². The zero-order valence-electron chi connectivity index (χ0n) is 16.4. The standard InChI is InChI=1S/C19H26N6O3S2/c20-25-24-14-6-7-15(16(26)13-14)19(28)23-11-4-3-9-21-17(27)8-12-29-30-18-5-1-2-10-22-18/h1-2,5-7,10,13,20,24,26H,3-4,8-9,11-12,25H2,(H,21,27)(H,23,28). The average molecular weight is 451 g/mol. The smallest absolute Gasteiger partial charge is 0.255 e. The second-order valence-corrected chi connectivity index (χ2v) is 8.59. The summed E-state index contributed by atoms with van der Waals surface area (Å²) in [5.74, 6) is 7.18. The van der Waals surface area contributed by atoms with E-state index in [0.29, 0.717) is 37.4 Å². The fraction of sp³-hybridized carbons (Fsp3) is 0.316. The Hall–Kier alpha value is -2.47. The van der Waals surface area contributed by atoms with E-state index in [0.717, 1.165) is 17.0 Å². The number of hydrogen-bond acceptors (Lipinski definition) is 7.